The summed E-state index contributed by atoms with van der Waals surface area (Å²) in [6, 6.07) is 12.0. The summed E-state index contributed by atoms with van der Waals surface area (Å²) in [5, 5.41) is 5.62. The summed E-state index contributed by atoms with van der Waals surface area (Å²) >= 11 is 0. The summed E-state index contributed by atoms with van der Waals surface area (Å²) in [4.78, 5) is 38.8. The maximum Gasteiger partial charge on any atom is 0.407 e. The van der Waals surface area contributed by atoms with E-state index < -0.39 is 17.5 Å². The number of carbonyl (C=O) groups is 3. The van der Waals surface area contributed by atoms with Crippen molar-refractivity contribution in [3.8, 4) is 0 Å². The van der Waals surface area contributed by atoms with Crippen molar-refractivity contribution in [2.24, 2.45) is 11.8 Å². The normalized spacial score (nSPS) is 21.5. The second-order valence-corrected chi connectivity index (χ2v) is 9.25. The van der Waals surface area contributed by atoms with Gasteiger partial charge in [0.15, 0.2) is 0 Å². The van der Waals surface area contributed by atoms with Gasteiger partial charge in [-0.3, -0.25) is 9.59 Å². The number of nitrogens with one attached hydrogen (secondary N) is 2. The summed E-state index contributed by atoms with van der Waals surface area (Å²) in [6.45, 7) is 6.64. The molecule has 2 aromatic carbocycles. The highest BCUT2D eigenvalue weighted by molar-refractivity contribution is 6.04. The molecular formula is C24H26FN3O4. The van der Waals surface area contributed by atoms with E-state index in [1.165, 1.54) is 24.3 Å². The van der Waals surface area contributed by atoms with Crippen LogP contribution in [-0.4, -0.2) is 47.5 Å². The predicted molar refractivity (Wildman–Crippen MR) is 117 cm³/mol. The molecule has 1 saturated carbocycles. The first-order valence-corrected chi connectivity index (χ1v) is 10.6. The van der Waals surface area contributed by atoms with Crippen LogP contribution in [0, 0.1) is 17.7 Å². The minimum Gasteiger partial charge on any atom is -0.444 e. The van der Waals surface area contributed by atoms with Crippen LogP contribution >= 0.6 is 0 Å². The Kier molecular flexibility index (Phi) is 5.62. The Morgan fingerprint density at radius 1 is 0.938 bits per heavy atom. The summed E-state index contributed by atoms with van der Waals surface area (Å²) < 4.78 is 18.3. The smallest absolute Gasteiger partial charge is 0.407 e. The Labute approximate surface area is 185 Å². The summed E-state index contributed by atoms with van der Waals surface area (Å²) in [7, 11) is 0. The average molecular weight is 439 g/mol. The molecule has 4 rings (SSSR count). The van der Waals surface area contributed by atoms with E-state index in [-0.39, 0.29) is 29.7 Å². The van der Waals surface area contributed by atoms with E-state index in [4.69, 9.17) is 4.74 Å². The highest BCUT2D eigenvalue weighted by atomic mass is 19.1. The predicted octanol–water partition coefficient (Wildman–Crippen LogP) is 3.67. The number of benzene rings is 2. The van der Waals surface area contributed by atoms with Crippen LogP contribution in [0.2, 0.25) is 0 Å². The van der Waals surface area contributed by atoms with E-state index in [0.717, 1.165) is 0 Å². The maximum absolute atomic E-state index is 13.0. The van der Waals surface area contributed by atoms with E-state index in [1.54, 1.807) is 29.2 Å². The number of anilines is 1. The standard InChI is InChI=1S/C24H26FN3O4/c1-24(2,3)32-23(31)27-20-18-12-28(13-19(18)20)22(30)15-6-10-17(11-7-15)26-21(29)14-4-8-16(25)9-5-14/h4-11,18-20H,12-13H2,1-3H3,(H,26,29)(H,27,31). The molecule has 2 fully saturated rings. The lowest BCUT2D eigenvalue weighted by atomic mass is 10.1. The Hall–Kier alpha value is -3.42. The molecule has 2 aromatic rings. The van der Waals surface area contributed by atoms with Gasteiger partial charge in [0.2, 0.25) is 0 Å². The van der Waals surface area contributed by atoms with Crippen molar-refractivity contribution in [2.75, 3.05) is 18.4 Å². The van der Waals surface area contributed by atoms with Gasteiger partial charge < -0.3 is 20.3 Å². The summed E-state index contributed by atoms with van der Waals surface area (Å²) in [6.07, 6.45) is -0.423. The zero-order chi connectivity index (χ0) is 23.0. The van der Waals surface area contributed by atoms with Crippen LogP contribution in [0.25, 0.3) is 0 Å². The van der Waals surface area contributed by atoms with Gasteiger partial charge in [-0.1, -0.05) is 0 Å². The number of hydrogen-bond donors (Lipinski definition) is 2. The van der Waals surface area contributed by atoms with Crippen molar-refractivity contribution in [1.82, 2.24) is 10.2 Å². The Bertz CT molecular complexity index is 1020. The van der Waals surface area contributed by atoms with Gasteiger partial charge in [-0.05, 0) is 69.3 Å². The molecule has 2 N–H and O–H groups in total. The van der Waals surface area contributed by atoms with Gasteiger partial charge in [0.1, 0.15) is 11.4 Å². The fourth-order valence-corrected chi connectivity index (χ4v) is 4.03. The van der Waals surface area contributed by atoms with Crippen molar-refractivity contribution >= 4 is 23.6 Å². The number of halogens is 1. The first-order chi connectivity index (χ1) is 15.1. The first kappa shape index (κ1) is 21.8. The van der Waals surface area contributed by atoms with Gasteiger partial charge in [-0.25, -0.2) is 9.18 Å². The molecule has 2 atom stereocenters. The SMILES string of the molecule is CC(C)(C)OC(=O)NC1C2CN(C(=O)c3ccc(NC(=O)c4ccc(F)cc4)cc3)CC21. The van der Waals surface area contributed by atoms with Crippen LogP contribution in [0.15, 0.2) is 48.5 Å². The van der Waals surface area contributed by atoms with Crippen LogP contribution in [-0.2, 0) is 4.74 Å². The number of likely N-dealkylation sites (tertiary alicyclic amines) is 1. The Morgan fingerprint density at radius 3 is 2.06 bits per heavy atom. The molecule has 1 saturated heterocycles. The van der Waals surface area contributed by atoms with Crippen LogP contribution < -0.4 is 10.6 Å². The van der Waals surface area contributed by atoms with E-state index in [2.05, 4.69) is 10.6 Å². The van der Waals surface area contributed by atoms with E-state index in [9.17, 15) is 18.8 Å². The molecule has 0 radical (unpaired) electrons. The summed E-state index contributed by atoms with van der Waals surface area (Å²) in [5.41, 5.74) is 0.877. The third-order valence-electron chi connectivity index (χ3n) is 5.66. The topological polar surface area (TPSA) is 87.7 Å². The fourth-order valence-electron chi connectivity index (χ4n) is 4.03. The van der Waals surface area contributed by atoms with Gasteiger partial charge >= 0.3 is 6.09 Å². The lowest BCUT2D eigenvalue weighted by Crippen LogP contribution is -2.39. The van der Waals surface area contributed by atoms with E-state index in [1.807, 2.05) is 20.8 Å². The van der Waals surface area contributed by atoms with E-state index in [0.29, 0.717) is 29.9 Å². The number of fused-ring (bicyclic) bond motifs is 1. The minimum absolute atomic E-state index is 0.0537. The minimum atomic E-state index is -0.541. The molecule has 1 heterocycles. The lowest BCUT2D eigenvalue weighted by Gasteiger charge is -2.22. The van der Waals surface area contributed by atoms with Crippen LogP contribution in [0.3, 0.4) is 0 Å². The zero-order valence-corrected chi connectivity index (χ0v) is 18.2. The third kappa shape index (κ3) is 4.90. The molecule has 7 nitrogen and oxygen atoms in total. The molecule has 3 amide bonds. The van der Waals surface area contributed by atoms with Crippen LogP contribution in [0.4, 0.5) is 14.9 Å². The molecule has 2 aliphatic rings. The van der Waals surface area contributed by atoms with Crippen LogP contribution in [0.1, 0.15) is 41.5 Å². The molecule has 0 aromatic heterocycles. The quantitative estimate of drug-likeness (QED) is 0.761. The number of ether oxygens (including phenoxy) is 1. The maximum atomic E-state index is 13.0. The first-order valence-electron chi connectivity index (χ1n) is 10.6. The number of amides is 3. The molecule has 1 aliphatic heterocycles. The zero-order valence-electron chi connectivity index (χ0n) is 18.2. The number of piperidine rings is 1. The number of carbonyl (C=O) groups excluding carboxylic acids is 3. The van der Waals surface area contributed by atoms with Crippen LogP contribution in [0.5, 0.6) is 0 Å². The molecule has 32 heavy (non-hydrogen) atoms. The molecule has 0 bridgehead atoms. The van der Waals surface area contributed by atoms with Gasteiger partial charge in [0.05, 0.1) is 0 Å². The van der Waals surface area contributed by atoms with Gasteiger partial charge in [0.25, 0.3) is 11.8 Å². The molecule has 8 heteroatoms. The van der Waals surface area contributed by atoms with Gasteiger partial charge in [0, 0.05) is 47.8 Å². The number of nitrogens with zero attached hydrogens (tertiary/aromatic N) is 1. The molecule has 1 aliphatic carbocycles. The second-order valence-electron chi connectivity index (χ2n) is 9.25. The van der Waals surface area contributed by atoms with Gasteiger partial charge in [-0.15, -0.1) is 0 Å². The summed E-state index contributed by atoms with van der Waals surface area (Å²) in [5.74, 6) is -0.339. The molecule has 2 unspecified atom stereocenters. The molecule has 0 spiro atoms. The molecule has 168 valence electrons. The fraction of sp³-hybridized carbons (Fsp3) is 0.375. The van der Waals surface area contributed by atoms with Crippen molar-refractivity contribution in [3.63, 3.8) is 0 Å². The largest absolute Gasteiger partial charge is 0.444 e. The Morgan fingerprint density at radius 2 is 1.50 bits per heavy atom. The second kappa shape index (κ2) is 8.26. The van der Waals surface area contributed by atoms with Gasteiger partial charge in [-0.2, -0.15) is 0 Å². The third-order valence-corrected chi connectivity index (χ3v) is 5.66. The van der Waals surface area contributed by atoms with Crippen molar-refractivity contribution in [2.45, 2.75) is 32.4 Å². The average Bonchev–Trinajstić information content (AvgIpc) is 3.15. The highest BCUT2D eigenvalue weighted by Gasteiger charge is 2.57. The van der Waals surface area contributed by atoms with Crippen molar-refractivity contribution < 1.29 is 23.5 Å². The number of alkyl carbamates (subject to hydrolysis) is 1. The van der Waals surface area contributed by atoms with Crippen molar-refractivity contribution in [1.29, 1.82) is 0 Å². The van der Waals surface area contributed by atoms with E-state index >= 15 is 0 Å². The highest BCUT2D eigenvalue weighted by Crippen LogP contribution is 2.46. The molecular weight excluding hydrogens is 413 g/mol. The number of hydrogen-bond acceptors (Lipinski definition) is 4. The number of rotatable bonds is 4. The Balaban J connectivity index is 1.28. The monoisotopic (exact) mass is 439 g/mol. The lowest BCUT2D eigenvalue weighted by molar-refractivity contribution is 0.0513. The van der Waals surface area contributed by atoms with Crippen molar-refractivity contribution in [3.05, 3.63) is 65.5 Å².